The molecule has 0 aliphatic heterocycles. The van der Waals surface area contributed by atoms with Crippen molar-refractivity contribution in [1.82, 2.24) is 19.6 Å². The predicted octanol–water partition coefficient (Wildman–Crippen LogP) is 3.68. The molecular formula is C19H14N4OS. The number of thioether (sulfide) groups is 1. The minimum absolute atomic E-state index is 0.518. The van der Waals surface area contributed by atoms with Gasteiger partial charge in [0.15, 0.2) is 16.6 Å². The van der Waals surface area contributed by atoms with Crippen LogP contribution in [0.4, 0.5) is 0 Å². The summed E-state index contributed by atoms with van der Waals surface area (Å²) >= 11 is 1.47. The summed E-state index contributed by atoms with van der Waals surface area (Å²) in [5.41, 5.74) is 2.46. The van der Waals surface area contributed by atoms with E-state index in [-0.39, 0.29) is 0 Å². The summed E-state index contributed by atoms with van der Waals surface area (Å²) in [5.74, 6) is 4.47. The third-order valence-corrected chi connectivity index (χ3v) is 4.62. The Balaban J connectivity index is 2.00. The Labute approximate surface area is 149 Å². The van der Waals surface area contributed by atoms with Crippen LogP contribution in [-0.2, 0) is 0 Å². The first-order chi connectivity index (χ1) is 12.3. The van der Waals surface area contributed by atoms with E-state index in [0.717, 1.165) is 33.0 Å². The van der Waals surface area contributed by atoms with Gasteiger partial charge in [-0.25, -0.2) is 9.97 Å². The van der Waals surface area contributed by atoms with E-state index in [4.69, 9.17) is 16.1 Å². The van der Waals surface area contributed by atoms with E-state index >= 15 is 0 Å². The second-order valence-corrected chi connectivity index (χ2v) is 6.22. The number of fused-ring (bicyclic) bond motifs is 3. The van der Waals surface area contributed by atoms with Crippen LogP contribution in [0.3, 0.4) is 0 Å². The molecule has 0 aliphatic rings. The number of hydrogen-bond acceptors (Lipinski definition) is 5. The highest BCUT2D eigenvalue weighted by Crippen LogP contribution is 2.30. The van der Waals surface area contributed by atoms with Gasteiger partial charge in [0.25, 0.3) is 0 Å². The highest BCUT2D eigenvalue weighted by molar-refractivity contribution is 7.99. The summed E-state index contributed by atoms with van der Waals surface area (Å²) in [4.78, 5) is 9.44. The predicted molar refractivity (Wildman–Crippen MR) is 99.8 cm³/mol. The maximum absolute atomic E-state index is 5.44. The lowest BCUT2D eigenvalue weighted by Crippen LogP contribution is -1.98. The van der Waals surface area contributed by atoms with Gasteiger partial charge in [0, 0.05) is 5.39 Å². The van der Waals surface area contributed by atoms with Gasteiger partial charge in [-0.05, 0) is 24.3 Å². The van der Waals surface area contributed by atoms with Gasteiger partial charge in [-0.3, -0.25) is 0 Å². The zero-order valence-corrected chi connectivity index (χ0v) is 14.3. The number of benzene rings is 2. The van der Waals surface area contributed by atoms with E-state index in [0.29, 0.717) is 11.6 Å². The number of nitrogens with zero attached hydrogens (tertiary/aromatic N) is 4. The third kappa shape index (κ3) is 2.69. The second-order valence-electron chi connectivity index (χ2n) is 5.28. The molecule has 0 radical (unpaired) electrons. The van der Waals surface area contributed by atoms with Crippen LogP contribution < -0.4 is 4.74 Å². The Kier molecular flexibility index (Phi) is 4.00. The first-order valence-corrected chi connectivity index (χ1v) is 8.65. The lowest BCUT2D eigenvalue weighted by atomic mass is 10.2. The van der Waals surface area contributed by atoms with Gasteiger partial charge in [0.2, 0.25) is 0 Å². The zero-order chi connectivity index (χ0) is 17.2. The molecule has 2 aromatic heterocycles. The zero-order valence-electron chi connectivity index (χ0n) is 13.5. The van der Waals surface area contributed by atoms with E-state index in [1.54, 1.807) is 11.6 Å². The number of ether oxygens (including phenoxy) is 1. The third-order valence-electron chi connectivity index (χ3n) is 3.78. The van der Waals surface area contributed by atoms with Crippen LogP contribution in [0, 0.1) is 12.3 Å². The summed E-state index contributed by atoms with van der Waals surface area (Å²) in [5, 5.41) is 6.34. The fourth-order valence-electron chi connectivity index (χ4n) is 2.67. The highest BCUT2D eigenvalue weighted by Gasteiger charge is 2.16. The van der Waals surface area contributed by atoms with Gasteiger partial charge in [-0.2, -0.15) is 4.52 Å². The molecule has 0 spiro atoms. The summed E-state index contributed by atoms with van der Waals surface area (Å²) in [7, 11) is 1.64. The summed E-state index contributed by atoms with van der Waals surface area (Å²) in [6.07, 6.45) is 5.41. The van der Waals surface area contributed by atoms with E-state index in [1.807, 2.05) is 48.5 Å². The lowest BCUT2D eigenvalue weighted by molar-refractivity contribution is 0.416. The number of hydrogen-bond donors (Lipinski definition) is 0. The van der Waals surface area contributed by atoms with Crippen molar-refractivity contribution in [2.24, 2.45) is 0 Å². The average molecular weight is 346 g/mol. The Morgan fingerprint density at radius 2 is 1.92 bits per heavy atom. The molecule has 0 saturated heterocycles. The van der Waals surface area contributed by atoms with Gasteiger partial charge in [0.05, 0.1) is 23.9 Å². The minimum atomic E-state index is 0.518. The molecule has 0 unspecified atom stereocenters. The Hall–Kier alpha value is -3.04. The summed E-state index contributed by atoms with van der Waals surface area (Å²) in [6.45, 7) is 0. The SMILES string of the molecule is C#CCSc1nc2ccccc2c2nc(-c3ccccc3OC)nn12. The molecule has 5 nitrogen and oxygen atoms in total. The molecule has 4 rings (SSSR count). The second kappa shape index (κ2) is 6.46. The van der Waals surface area contributed by atoms with Crippen molar-refractivity contribution in [2.45, 2.75) is 5.16 Å². The van der Waals surface area contributed by atoms with E-state index in [2.05, 4.69) is 16.0 Å². The van der Waals surface area contributed by atoms with Crippen molar-refractivity contribution >= 4 is 28.3 Å². The van der Waals surface area contributed by atoms with Crippen LogP contribution >= 0.6 is 11.8 Å². The van der Waals surface area contributed by atoms with Gasteiger partial charge in [0.1, 0.15) is 5.75 Å². The molecule has 122 valence electrons. The maximum Gasteiger partial charge on any atom is 0.192 e. The van der Waals surface area contributed by atoms with Gasteiger partial charge >= 0.3 is 0 Å². The molecule has 2 aromatic carbocycles. The van der Waals surface area contributed by atoms with Crippen LogP contribution in [0.5, 0.6) is 5.75 Å². The van der Waals surface area contributed by atoms with Gasteiger partial charge in [-0.1, -0.05) is 41.9 Å². The molecule has 0 aliphatic carbocycles. The number of methoxy groups -OCH3 is 1. The minimum Gasteiger partial charge on any atom is -0.496 e. The fraction of sp³-hybridized carbons (Fsp3) is 0.105. The highest BCUT2D eigenvalue weighted by atomic mass is 32.2. The molecular weight excluding hydrogens is 332 g/mol. The molecule has 0 fully saturated rings. The quantitative estimate of drug-likeness (QED) is 0.320. The van der Waals surface area contributed by atoms with Crippen LogP contribution in [0.1, 0.15) is 0 Å². The van der Waals surface area contributed by atoms with Crippen molar-refractivity contribution < 1.29 is 4.74 Å². The number of terminal acetylenes is 1. The molecule has 2 heterocycles. The van der Waals surface area contributed by atoms with Crippen molar-refractivity contribution in [3.63, 3.8) is 0 Å². The molecule has 0 N–H and O–H groups in total. The summed E-state index contributed by atoms with van der Waals surface area (Å²) < 4.78 is 7.20. The number of rotatable bonds is 4. The largest absolute Gasteiger partial charge is 0.496 e. The smallest absolute Gasteiger partial charge is 0.192 e. The van der Waals surface area contributed by atoms with E-state index < -0.39 is 0 Å². The van der Waals surface area contributed by atoms with Gasteiger partial charge in [-0.15, -0.1) is 11.5 Å². The van der Waals surface area contributed by atoms with Crippen molar-refractivity contribution in [1.29, 1.82) is 0 Å². The normalized spacial score (nSPS) is 10.9. The van der Waals surface area contributed by atoms with Crippen molar-refractivity contribution in [3.05, 3.63) is 48.5 Å². The first-order valence-electron chi connectivity index (χ1n) is 7.67. The van der Waals surface area contributed by atoms with Crippen LogP contribution in [-0.4, -0.2) is 32.4 Å². The van der Waals surface area contributed by atoms with Gasteiger partial charge < -0.3 is 4.74 Å². The maximum atomic E-state index is 5.44. The molecule has 0 saturated carbocycles. The van der Waals surface area contributed by atoms with Crippen molar-refractivity contribution in [2.75, 3.05) is 12.9 Å². The standard InChI is InChI=1S/C19H14N4OS/c1-3-12-25-19-20-15-10-6-4-8-13(15)18-21-17(22-23(18)19)14-9-5-7-11-16(14)24-2/h1,4-11H,12H2,2H3. The summed E-state index contributed by atoms with van der Waals surface area (Å²) in [6, 6.07) is 15.6. The van der Waals surface area contributed by atoms with E-state index in [9.17, 15) is 0 Å². The average Bonchev–Trinajstić information content (AvgIpc) is 3.11. The fourth-order valence-corrected chi connectivity index (χ4v) is 3.30. The lowest BCUT2D eigenvalue weighted by Gasteiger charge is -2.04. The molecule has 0 bridgehead atoms. The molecule has 25 heavy (non-hydrogen) atoms. The van der Waals surface area contributed by atoms with Crippen LogP contribution in [0.2, 0.25) is 0 Å². The first kappa shape index (κ1) is 15.5. The van der Waals surface area contributed by atoms with Crippen molar-refractivity contribution in [3.8, 4) is 29.5 Å². The Morgan fingerprint density at radius 1 is 1.12 bits per heavy atom. The Morgan fingerprint density at radius 3 is 2.76 bits per heavy atom. The molecule has 4 aromatic rings. The van der Waals surface area contributed by atoms with Crippen LogP contribution in [0.25, 0.3) is 27.9 Å². The number of aromatic nitrogens is 4. The molecule has 0 amide bonds. The Bertz CT molecular complexity index is 1110. The van der Waals surface area contributed by atoms with E-state index in [1.165, 1.54) is 11.8 Å². The monoisotopic (exact) mass is 346 g/mol. The molecule has 6 heteroatoms. The molecule has 0 atom stereocenters. The van der Waals surface area contributed by atoms with Crippen LogP contribution in [0.15, 0.2) is 53.7 Å². The topological polar surface area (TPSA) is 52.3 Å². The number of para-hydroxylation sites is 2.